The predicted octanol–water partition coefficient (Wildman–Crippen LogP) is 3.33. The number of aromatic nitrogens is 2. The molecule has 0 saturated carbocycles. The Bertz CT molecular complexity index is 602. The molecule has 0 saturated heterocycles. The number of ether oxygens (including phenoxy) is 1. The highest BCUT2D eigenvalue weighted by atomic mass is 16.5. The van der Waals surface area contributed by atoms with Crippen LogP contribution >= 0.6 is 0 Å². The van der Waals surface area contributed by atoms with Crippen molar-refractivity contribution in [1.29, 1.82) is 0 Å². The second kappa shape index (κ2) is 6.76. The van der Waals surface area contributed by atoms with Crippen LogP contribution in [-0.2, 0) is 13.6 Å². The number of benzene rings is 1. The van der Waals surface area contributed by atoms with Crippen LogP contribution in [0.1, 0.15) is 37.9 Å². The SMILES string of the molecule is CCNCc1cc(-c2cn(C)nc2C(C)C)ccc1OC. The van der Waals surface area contributed by atoms with E-state index in [1.807, 2.05) is 17.8 Å². The molecule has 1 aromatic heterocycles. The van der Waals surface area contributed by atoms with E-state index in [2.05, 4.69) is 49.5 Å². The lowest BCUT2D eigenvalue weighted by molar-refractivity contribution is 0.408. The zero-order valence-corrected chi connectivity index (χ0v) is 13.6. The van der Waals surface area contributed by atoms with E-state index in [0.29, 0.717) is 5.92 Å². The summed E-state index contributed by atoms with van der Waals surface area (Å²) in [6.07, 6.45) is 2.09. The number of hydrogen-bond acceptors (Lipinski definition) is 3. The molecular formula is C17H25N3O. The van der Waals surface area contributed by atoms with Gasteiger partial charge in [0.1, 0.15) is 5.75 Å². The molecular weight excluding hydrogens is 262 g/mol. The molecule has 0 fully saturated rings. The van der Waals surface area contributed by atoms with Crippen LogP contribution in [0.5, 0.6) is 5.75 Å². The molecule has 4 nitrogen and oxygen atoms in total. The van der Waals surface area contributed by atoms with E-state index in [0.717, 1.165) is 24.5 Å². The summed E-state index contributed by atoms with van der Waals surface area (Å²) in [5.74, 6) is 1.33. The average Bonchev–Trinajstić information content (AvgIpc) is 2.87. The number of hydrogen-bond donors (Lipinski definition) is 1. The Labute approximate surface area is 127 Å². The summed E-state index contributed by atoms with van der Waals surface area (Å²) in [4.78, 5) is 0. The third-order valence-electron chi connectivity index (χ3n) is 3.56. The Kier molecular flexibility index (Phi) is 5.02. The van der Waals surface area contributed by atoms with E-state index in [1.165, 1.54) is 16.7 Å². The van der Waals surface area contributed by atoms with Crippen LogP contribution in [0.2, 0.25) is 0 Å². The summed E-state index contributed by atoms with van der Waals surface area (Å²) in [5.41, 5.74) is 4.71. The first-order valence-electron chi connectivity index (χ1n) is 7.48. The fourth-order valence-electron chi connectivity index (χ4n) is 2.50. The molecule has 0 radical (unpaired) electrons. The van der Waals surface area contributed by atoms with Gasteiger partial charge in [0.25, 0.3) is 0 Å². The highest BCUT2D eigenvalue weighted by Gasteiger charge is 2.14. The topological polar surface area (TPSA) is 39.1 Å². The van der Waals surface area contributed by atoms with Gasteiger partial charge in [-0.3, -0.25) is 4.68 Å². The molecule has 0 atom stereocenters. The molecule has 0 aliphatic heterocycles. The lowest BCUT2D eigenvalue weighted by Crippen LogP contribution is -2.12. The lowest BCUT2D eigenvalue weighted by Gasteiger charge is -2.12. The van der Waals surface area contributed by atoms with Crippen LogP contribution in [0.4, 0.5) is 0 Å². The van der Waals surface area contributed by atoms with Crippen molar-refractivity contribution >= 4 is 0 Å². The van der Waals surface area contributed by atoms with E-state index in [1.54, 1.807) is 7.11 Å². The first kappa shape index (κ1) is 15.6. The average molecular weight is 287 g/mol. The molecule has 4 heteroatoms. The van der Waals surface area contributed by atoms with Gasteiger partial charge in [0.15, 0.2) is 0 Å². The van der Waals surface area contributed by atoms with Gasteiger partial charge in [0.2, 0.25) is 0 Å². The van der Waals surface area contributed by atoms with Crippen LogP contribution in [0, 0.1) is 0 Å². The molecule has 1 N–H and O–H groups in total. The molecule has 21 heavy (non-hydrogen) atoms. The monoisotopic (exact) mass is 287 g/mol. The minimum Gasteiger partial charge on any atom is -0.496 e. The van der Waals surface area contributed by atoms with Gasteiger partial charge in [-0.2, -0.15) is 5.10 Å². The van der Waals surface area contributed by atoms with Gasteiger partial charge in [-0.25, -0.2) is 0 Å². The number of nitrogens with zero attached hydrogens (tertiary/aromatic N) is 2. The molecule has 1 aromatic carbocycles. The summed E-state index contributed by atoms with van der Waals surface area (Å²) in [6, 6.07) is 6.35. The Balaban J connectivity index is 2.44. The Morgan fingerprint density at radius 2 is 2.10 bits per heavy atom. The van der Waals surface area contributed by atoms with E-state index in [9.17, 15) is 0 Å². The van der Waals surface area contributed by atoms with Gasteiger partial charge < -0.3 is 10.1 Å². The molecule has 0 unspecified atom stereocenters. The van der Waals surface area contributed by atoms with Crippen molar-refractivity contribution in [3.63, 3.8) is 0 Å². The lowest BCUT2D eigenvalue weighted by atomic mass is 9.98. The first-order chi connectivity index (χ1) is 10.1. The maximum absolute atomic E-state index is 5.46. The van der Waals surface area contributed by atoms with E-state index in [4.69, 9.17) is 4.74 Å². The molecule has 0 bridgehead atoms. The van der Waals surface area contributed by atoms with Crippen LogP contribution in [0.3, 0.4) is 0 Å². The maximum atomic E-state index is 5.46. The molecule has 2 aromatic rings. The third-order valence-corrected chi connectivity index (χ3v) is 3.56. The summed E-state index contributed by atoms with van der Waals surface area (Å²) < 4.78 is 7.34. The summed E-state index contributed by atoms with van der Waals surface area (Å²) >= 11 is 0. The number of methoxy groups -OCH3 is 1. The molecule has 114 valence electrons. The molecule has 0 aliphatic rings. The maximum Gasteiger partial charge on any atom is 0.123 e. The number of rotatable bonds is 6. The van der Waals surface area contributed by atoms with Crippen molar-refractivity contribution in [3.05, 3.63) is 35.7 Å². The molecule has 0 aliphatic carbocycles. The molecule has 1 heterocycles. The summed E-state index contributed by atoms with van der Waals surface area (Å²) in [7, 11) is 3.69. The largest absolute Gasteiger partial charge is 0.496 e. The van der Waals surface area contributed by atoms with Crippen molar-refractivity contribution in [2.24, 2.45) is 7.05 Å². The minimum atomic E-state index is 0.403. The van der Waals surface area contributed by atoms with Gasteiger partial charge in [0, 0.05) is 30.9 Å². The van der Waals surface area contributed by atoms with E-state index >= 15 is 0 Å². The van der Waals surface area contributed by atoms with Crippen molar-refractivity contribution < 1.29 is 4.74 Å². The van der Waals surface area contributed by atoms with Crippen molar-refractivity contribution in [2.75, 3.05) is 13.7 Å². The fraction of sp³-hybridized carbons (Fsp3) is 0.471. The predicted molar refractivity (Wildman–Crippen MR) is 86.7 cm³/mol. The minimum absolute atomic E-state index is 0.403. The Hall–Kier alpha value is -1.81. The van der Waals surface area contributed by atoms with Gasteiger partial charge in [0.05, 0.1) is 12.8 Å². The quantitative estimate of drug-likeness (QED) is 0.885. The van der Waals surface area contributed by atoms with Gasteiger partial charge in [-0.15, -0.1) is 0 Å². The third kappa shape index (κ3) is 3.45. The molecule has 0 spiro atoms. The van der Waals surface area contributed by atoms with Gasteiger partial charge in [-0.1, -0.05) is 26.8 Å². The summed E-state index contributed by atoms with van der Waals surface area (Å²) in [5, 5.41) is 7.95. The fourth-order valence-corrected chi connectivity index (χ4v) is 2.50. The smallest absolute Gasteiger partial charge is 0.123 e. The van der Waals surface area contributed by atoms with E-state index < -0.39 is 0 Å². The summed E-state index contributed by atoms with van der Waals surface area (Å²) in [6.45, 7) is 8.21. The van der Waals surface area contributed by atoms with Crippen LogP contribution in [0.25, 0.3) is 11.1 Å². The van der Waals surface area contributed by atoms with Crippen LogP contribution < -0.4 is 10.1 Å². The Morgan fingerprint density at radius 1 is 1.33 bits per heavy atom. The first-order valence-corrected chi connectivity index (χ1v) is 7.48. The second-order valence-electron chi connectivity index (χ2n) is 5.56. The highest BCUT2D eigenvalue weighted by Crippen LogP contribution is 2.31. The standard InChI is InChI=1S/C17H25N3O/c1-6-18-10-14-9-13(7-8-16(14)21-5)15-11-20(4)19-17(15)12(2)3/h7-9,11-12,18H,6,10H2,1-5H3. The molecule has 0 amide bonds. The van der Waals surface area contributed by atoms with Crippen molar-refractivity contribution in [3.8, 4) is 16.9 Å². The van der Waals surface area contributed by atoms with Crippen molar-refractivity contribution in [2.45, 2.75) is 33.2 Å². The number of nitrogens with one attached hydrogen (secondary N) is 1. The van der Waals surface area contributed by atoms with Crippen molar-refractivity contribution in [1.82, 2.24) is 15.1 Å². The molecule has 2 rings (SSSR count). The normalized spacial score (nSPS) is 11.1. The van der Waals surface area contributed by atoms with Gasteiger partial charge >= 0.3 is 0 Å². The van der Waals surface area contributed by atoms with Crippen LogP contribution in [-0.4, -0.2) is 23.4 Å². The van der Waals surface area contributed by atoms with Gasteiger partial charge in [-0.05, 0) is 30.2 Å². The zero-order chi connectivity index (χ0) is 15.4. The zero-order valence-electron chi connectivity index (χ0n) is 13.6. The van der Waals surface area contributed by atoms with Crippen LogP contribution in [0.15, 0.2) is 24.4 Å². The number of aryl methyl sites for hydroxylation is 1. The van der Waals surface area contributed by atoms with E-state index in [-0.39, 0.29) is 0 Å². The Morgan fingerprint density at radius 3 is 2.71 bits per heavy atom. The highest BCUT2D eigenvalue weighted by molar-refractivity contribution is 5.68. The second-order valence-corrected chi connectivity index (χ2v) is 5.56.